The smallest absolute Gasteiger partial charge is 0.200 e. The molecule has 0 saturated heterocycles. The van der Waals surface area contributed by atoms with Crippen LogP contribution in [0.25, 0.3) is 0 Å². The highest BCUT2D eigenvalue weighted by molar-refractivity contribution is 9.10. The molecule has 0 radical (unpaired) electrons. The number of hydrogen-bond acceptors (Lipinski definition) is 2. The monoisotopic (exact) mass is 344 g/mol. The molecule has 0 aliphatic rings. The third-order valence-electron chi connectivity index (χ3n) is 2.48. The molecule has 104 valence electrons. The first-order valence-corrected chi connectivity index (χ1v) is 6.33. The largest absolute Gasteiger partial charge is 0.482 e. The lowest BCUT2D eigenvalue weighted by atomic mass is 10.1. The molecule has 2 rings (SSSR count). The van der Waals surface area contributed by atoms with E-state index in [4.69, 9.17) is 4.74 Å². The van der Waals surface area contributed by atoms with Gasteiger partial charge in [0.1, 0.15) is 5.82 Å². The maximum Gasteiger partial charge on any atom is 0.200 e. The first-order chi connectivity index (χ1) is 9.47. The first-order valence-electron chi connectivity index (χ1n) is 5.53. The van der Waals surface area contributed by atoms with Gasteiger partial charge in [-0.3, -0.25) is 4.79 Å². The van der Waals surface area contributed by atoms with E-state index in [2.05, 4.69) is 15.9 Å². The molecule has 0 fully saturated rings. The fraction of sp³-hybridized carbons (Fsp3) is 0.0714. The molecular weight excluding hydrogens is 337 g/mol. The van der Waals surface area contributed by atoms with Gasteiger partial charge in [0.2, 0.25) is 5.82 Å². The van der Waals surface area contributed by atoms with Crippen LogP contribution in [0, 0.1) is 17.5 Å². The molecule has 0 spiro atoms. The number of hydrogen-bond donors (Lipinski definition) is 0. The highest BCUT2D eigenvalue weighted by Gasteiger charge is 2.13. The summed E-state index contributed by atoms with van der Waals surface area (Å²) in [5.74, 6) is -3.55. The van der Waals surface area contributed by atoms with Crippen molar-refractivity contribution in [1.82, 2.24) is 0 Å². The van der Waals surface area contributed by atoms with E-state index in [1.165, 1.54) is 18.2 Å². The average molecular weight is 345 g/mol. The van der Waals surface area contributed by atoms with E-state index in [0.717, 1.165) is 18.2 Å². The predicted molar refractivity (Wildman–Crippen MR) is 70.3 cm³/mol. The van der Waals surface area contributed by atoms with E-state index in [9.17, 15) is 18.0 Å². The maximum absolute atomic E-state index is 13.4. The van der Waals surface area contributed by atoms with Gasteiger partial charge < -0.3 is 4.74 Å². The molecule has 0 heterocycles. The van der Waals surface area contributed by atoms with Crippen molar-refractivity contribution >= 4 is 21.7 Å². The maximum atomic E-state index is 13.4. The van der Waals surface area contributed by atoms with E-state index in [-0.39, 0.29) is 11.3 Å². The molecular formula is C14H8BrF3O2. The molecule has 2 aromatic rings. The molecule has 0 N–H and O–H groups in total. The SMILES string of the molecule is O=C(COc1cc(Br)cc(F)c1F)c1ccc(F)cc1. The van der Waals surface area contributed by atoms with Crippen molar-refractivity contribution in [2.24, 2.45) is 0 Å². The molecule has 20 heavy (non-hydrogen) atoms. The Morgan fingerprint density at radius 1 is 1.10 bits per heavy atom. The zero-order valence-electron chi connectivity index (χ0n) is 10.00. The Balaban J connectivity index is 2.09. The summed E-state index contributed by atoms with van der Waals surface area (Å²) in [7, 11) is 0. The second-order valence-corrected chi connectivity index (χ2v) is 4.83. The summed E-state index contributed by atoms with van der Waals surface area (Å²) in [5, 5.41) is 0. The lowest BCUT2D eigenvalue weighted by molar-refractivity contribution is 0.0918. The van der Waals surface area contributed by atoms with Crippen LogP contribution in [-0.2, 0) is 0 Å². The lowest BCUT2D eigenvalue weighted by Gasteiger charge is -2.08. The molecule has 0 aliphatic carbocycles. The molecule has 0 saturated carbocycles. The number of carbonyl (C=O) groups excluding carboxylic acids is 1. The third-order valence-corrected chi connectivity index (χ3v) is 2.94. The highest BCUT2D eigenvalue weighted by atomic mass is 79.9. The standard InChI is InChI=1S/C14H8BrF3O2/c15-9-5-11(17)14(18)13(6-9)20-7-12(19)8-1-3-10(16)4-2-8/h1-6H,7H2. The van der Waals surface area contributed by atoms with Crippen molar-refractivity contribution in [3.05, 3.63) is 63.9 Å². The van der Waals surface area contributed by atoms with Gasteiger partial charge in [0.25, 0.3) is 0 Å². The van der Waals surface area contributed by atoms with Crippen LogP contribution in [-0.4, -0.2) is 12.4 Å². The first kappa shape index (κ1) is 14.6. The Morgan fingerprint density at radius 3 is 2.40 bits per heavy atom. The van der Waals surface area contributed by atoms with Gasteiger partial charge in [-0.1, -0.05) is 15.9 Å². The Labute approximate surface area is 121 Å². The van der Waals surface area contributed by atoms with Gasteiger partial charge in [-0.25, -0.2) is 8.78 Å². The molecule has 0 bridgehead atoms. The zero-order valence-corrected chi connectivity index (χ0v) is 11.6. The minimum absolute atomic E-state index is 0.224. The number of benzene rings is 2. The van der Waals surface area contributed by atoms with Gasteiger partial charge in [-0.15, -0.1) is 0 Å². The summed E-state index contributed by atoms with van der Waals surface area (Å²) in [6.45, 7) is -0.474. The highest BCUT2D eigenvalue weighted by Crippen LogP contribution is 2.25. The number of ether oxygens (including phenoxy) is 1. The quantitative estimate of drug-likeness (QED) is 0.615. The van der Waals surface area contributed by atoms with Crippen molar-refractivity contribution in [3.8, 4) is 5.75 Å². The van der Waals surface area contributed by atoms with E-state index in [0.29, 0.717) is 4.47 Å². The summed E-state index contributed by atoms with van der Waals surface area (Å²) in [4.78, 5) is 11.7. The summed E-state index contributed by atoms with van der Waals surface area (Å²) >= 11 is 2.99. The molecule has 2 aromatic carbocycles. The molecule has 2 nitrogen and oxygen atoms in total. The van der Waals surface area contributed by atoms with Crippen LogP contribution in [0.3, 0.4) is 0 Å². The molecule has 0 unspecified atom stereocenters. The van der Waals surface area contributed by atoms with E-state index in [1.54, 1.807) is 0 Å². The lowest BCUT2D eigenvalue weighted by Crippen LogP contribution is -2.12. The number of ketones is 1. The van der Waals surface area contributed by atoms with Gasteiger partial charge in [0, 0.05) is 10.0 Å². The third kappa shape index (κ3) is 3.39. The minimum atomic E-state index is -1.17. The fourth-order valence-electron chi connectivity index (χ4n) is 1.50. The van der Waals surface area contributed by atoms with Crippen molar-refractivity contribution in [3.63, 3.8) is 0 Å². The zero-order chi connectivity index (χ0) is 14.7. The second kappa shape index (κ2) is 6.09. The molecule has 0 amide bonds. The van der Waals surface area contributed by atoms with Crippen LogP contribution in [0.2, 0.25) is 0 Å². The Bertz CT molecular complexity index is 642. The van der Waals surface area contributed by atoms with Crippen LogP contribution >= 0.6 is 15.9 Å². The van der Waals surface area contributed by atoms with Crippen LogP contribution < -0.4 is 4.74 Å². The Morgan fingerprint density at radius 2 is 1.75 bits per heavy atom. The van der Waals surface area contributed by atoms with Crippen LogP contribution in [0.5, 0.6) is 5.75 Å². The fourth-order valence-corrected chi connectivity index (χ4v) is 1.91. The molecule has 6 heteroatoms. The minimum Gasteiger partial charge on any atom is -0.482 e. The number of carbonyl (C=O) groups is 1. The number of Topliss-reactive ketones (excluding diaryl/α,β-unsaturated/α-hetero) is 1. The van der Waals surface area contributed by atoms with E-state index in [1.807, 2.05) is 0 Å². The van der Waals surface area contributed by atoms with Crippen molar-refractivity contribution in [2.75, 3.05) is 6.61 Å². The number of rotatable bonds is 4. The van der Waals surface area contributed by atoms with Gasteiger partial charge >= 0.3 is 0 Å². The second-order valence-electron chi connectivity index (χ2n) is 3.92. The van der Waals surface area contributed by atoms with Crippen molar-refractivity contribution < 1.29 is 22.7 Å². The normalized spacial score (nSPS) is 10.4. The van der Waals surface area contributed by atoms with Gasteiger partial charge in [0.05, 0.1) is 0 Å². The molecule has 0 atom stereocenters. The van der Waals surface area contributed by atoms with Crippen molar-refractivity contribution in [2.45, 2.75) is 0 Å². The Kier molecular flexibility index (Phi) is 4.44. The summed E-state index contributed by atoms with van der Waals surface area (Å²) in [6, 6.07) is 7.01. The number of halogens is 4. The van der Waals surface area contributed by atoms with Crippen LogP contribution in [0.1, 0.15) is 10.4 Å². The molecule has 0 aromatic heterocycles. The summed E-state index contributed by atoms with van der Waals surface area (Å²) in [6.07, 6.45) is 0. The predicted octanol–water partition coefficient (Wildman–Crippen LogP) is 4.13. The summed E-state index contributed by atoms with van der Waals surface area (Å²) in [5.41, 5.74) is 0.224. The topological polar surface area (TPSA) is 26.3 Å². The van der Waals surface area contributed by atoms with Crippen LogP contribution in [0.4, 0.5) is 13.2 Å². The molecule has 0 aliphatic heterocycles. The van der Waals surface area contributed by atoms with Crippen LogP contribution in [0.15, 0.2) is 40.9 Å². The van der Waals surface area contributed by atoms with Gasteiger partial charge in [-0.05, 0) is 36.4 Å². The van der Waals surface area contributed by atoms with E-state index < -0.39 is 29.8 Å². The van der Waals surface area contributed by atoms with Crippen molar-refractivity contribution in [1.29, 1.82) is 0 Å². The Hall–Kier alpha value is -1.82. The van der Waals surface area contributed by atoms with Gasteiger partial charge in [-0.2, -0.15) is 4.39 Å². The average Bonchev–Trinajstić information content (AvgIpc) is 2.41. The van der Waals surface area contributed by atoms with Gasteiger partial charge in [0.15, 0.2) is 24.0 Å². The summed E-state index contributed by atoms with van der Waals surface area (Å²) < 4.78 is 44.5. The van der Waals surface area contributed by atoms with E-state index >= 15 is 0 Å².